The molecule has 0 bridgehead atoms. The molecule has 0 aromatic heterocycles. The van der Waals surface area contributed by atoms with Crippen LogP contribution in [0.25, 0.3) is 0 Å². The Bertz CT molecular complexity index is 637. The van der Waals surface area contributed by atoms with Crippen molar-refractivity contribution in [3.05, 3.63) is 29.8 Å². The van der Waals surface area contributed by atoms with Gasteiger partial charge in [-0.15, -0.1) is 0 Å². The van der Waals surface area contributed by atoms with E-state index in [1.54, 1.807) is 21.0 Å². The Morgan fingerprint density at radius 1 is 1.31 bits per heavy atom. The number of rotatable bonds is 9. The molecule has 3 N–H and O–H groups in total. The number of ether oxygens (including phenoxy) is 1. The lowest BCUT2D eigenvalue weighted by molar-refractivity contribution is -0.150. The van der Waals surface area contributed by atoms with Crippen LogP contribution in [0.1, 0.15) is 25.8 Å². The average molecular weight is 381 g/mol. The number of nitrogens with one attached hydrogen (secondary N) is 2. The molecule has 1 atom stereocenters. The molecule has 1 rings (SSSR count). The number of nitrogens with zero attached hydrogens (tertiary/aromatic N) is 1. The van der Waals surface area contributed by atoms with Crippen molar-refractivity contribution in [2.45, 2.75) is 32.9 Å². The minimum atomic E-state index is -1.00. The molecule has 1 unspecified atom stereocenters. The monoisotopic (exact) mass is 381 g/mol. The number of hydrogen-bond donors (Lipinski definition) is 3. The van der Waals surface area contributed by atoms with E-state index in [0.717, 1.165) is 11.3 Å². The van der Waals surface area contributed by atoms with Gasteiger partial charge in [0.2, 0.25) is 5.91 Å². The predicted octanol–water partition coefficient (Wildman–Crippen LogP) is 2.08. The van der Waals surface area contributed by atoms with Crippen molar-refractivity contribution in [3.8, 4) is 0 Å². The third-order valence-electron chi connectivity index (χ3n) is 3.88. The molecular weight excluding hydrogens is 354 g/mol. The number of benzene rings is 1. The summed E-state index contributed by atoms with van der Waals surface area (Å²) in [5, 5.41) is 15.7. The fourth-order valence-electron chi connectivity index (χ4n) is 2.60. The van der Waals surface area contributed by atoms with E-state index in [0.29, 0.717) is 18.3 Å². The number of carboxylic acids is 1. The molecule has 1 aromatic carbocycles. The highest BCUT2D eigenvalue weighted by atomic mass is 32.1. The lowest BCUT2D eigenvalue weighted by Crippen LogP contribution is -2.46. The normalized spacial score (nSPS) is 11.7. The zero-order valence-electron chi connectivity index (χ0n) is 15.6. The molecule has 7 nitrogen and oxygen atoms in total. The van der Waals surface area contributed by atoms with Crippen LogP contribution in [-0.2, 0) is 20.9 Å². The Hall–Kier alpha value is -2.19. The highest BCUT2D eigenvalue weighted by Gasteiger charge is 2.29. The number of thiocarbonyl (C=S) groups is 1. The zero-order valence-corrected chi connectivity index (χ0v) is 16.4. The number of hydrogen-bond acceptors (Lipinski definition) is 4. The molecule has 1 aromatic rings. The maximum absolute atomic E-state index is 12.2. The third kappa shape index (κ3) is 6.61. The number of likely N-dealkylation sites (N-methyl/N-ethyl adjacent to an activating group) is 1. The van der Waals surface area contributed by atoms with Gasteiger partial charge in [0.1, 0.15) is 6.04 Å². The molecule has 0 heterocycles. The minimum absolute atomic E-state index is 0.147. The summed E-state index contributed by atoms with van der Waals surface area (Å²) in [6, 6.07) is 6.79. The molecule has 144 valence electrons. The molecule has 0 fully saturated rings. The van der Waals surface area contributed by atoms with Crippen LogP contribution in [0.15, 0.2) is 24.3 Å². The second-order valence-corrected chi connectivity index (χ2v) is 6.66. The minimum Gasteiger partial charge on any atom is -0.480 e. The highest BCUT2D eigenvalue weighted by molar-refractivity contribution is 7.80. The summed E-state index contributed by atoms with van der Waals surface area (Å²) >= 11 is 5.25. The van der Waals surface area contributed by atoms with E-state index in [9.17, 15) is 14.7 Å². The van der Waals surface area contributed by atoms with Crippen LogP contribution >= 0.6 is 12.2 Å². The van der Waals surface area contributed by atoms with Crippen LogP contribution in [0.5, 0.6) is 0 Å². The molecule has 0 aliphatic heterocycles. The van der Waals surface area contributed by atoms with Crippen molar-refractivity contribution in [1.82, 2.24) is 10.2 Å². The van der Waals surface area contributed by atoms with E-state index in [4.69, 9.17) is 17.0 Å². The Morgan fingerprint density at radius 2 is 1.96 bits per heavy atom. The topological polar surface area (TPSA) is 90.9 Å². The number of anilines is 1. The van der Waals surface area contributed by atoms with E-state index in [2.05, 4.69) is 10.6 Å². The summed E-state index contributed by atoms with van der Waals surface area (Å²) in [5.41, 5.74) is 1.80. The summed E-state index contributed by atoms with van der Waals surface area (Å²) in [6.45, 7) is 4.32. The zero-order chi connectivity index (χ0) is 19.7. The van der Waals surface area contributed by atoms with Gasteiger partial charge in [-0.2, -0.15) is 0 Å². The van der Waals surface area contributed by atoms with E-state index in [1.807, 2.05) is 24.3 Å². The first-order valence-electron chi connectivity index (χ1n) is 8.38. The Morgan fingerprint density at radius 3 is 2.54 bits per heavy atom. The molecular formula is C18H27N3O4S. The first-order valence-corrected chi connectivity index (χ1v) is 8.78. The van der Waals surface area contributed by atoms with Gasteiger partial charge >= 0.3 is 5.97 Å². The Labute approximate surface area is 159 Å². The van der Waals surface area contributed by atoms with Crippen LogP contribution in [0, 0.1) is 5.92 Å². The summed E-state index contributed by atoms with van der Waals surface area (Å²) in [7, 11) is 3.13. The summed E-state index contributed by atoms with van der Waals surface area (Å²) in [6.07, 6.45) is 0.147. The van der Waals surface area contributed by atoms with E-state index in [-0.39, 0.29) is 18.2 Å². The van der Waals surface area contributed by atoms with Gasteiger partial charge in [-0.25, -0.2) is 4.79 Å². The Balaban J connectivity index is 2.51. The third-order valence-corrected chi connectivity index (χ3v) is 4.13. The summed E-state index contributed by atoms with van der Waals surface area (Å²) in [4.78, 5) is 24.8. The fourth-order valence-corrected chi connectivity index (χ4v) is 2.81. The molecule has 26 heavy (non-hydrogen) atoms. The van der Waals surface area contributed by atoms with E-state index >= 15 is 0 Å². The van der Waals surface area contributed by atoms with E-state index < -0.39 is 12.0 Å². The van der Waals surface area contributed by atoms with Crippen LogP contribution in [0.3, 0.4) is 0 Å². The lowest BCUT2D eigenvalue weighted by Gasteiger charge is -2.27. The molecule has 0 aliphatic rings. The van der Waals surface area contributed by atoms with Crippen molar-refractivity contribution in [1.29, 1.82) is 0 Å². The molecule has 0 aliphatic carbocycles. The number of carbonyl (C=O) groups is 2. The smallest absolute Gasteiger partial charge is 0.326 e. The predicted molar refractivity (Wildman–Crippen MR) is 105 cm³/mol. The first-order chi connectivity index (χ1) is 12.3. The fraction of sp³-hybridized carbons (Fsp3) is 0.500. The summed E-state index contributed by atoms with van der Waals surface area (Å²) < 4.78 is 5.15. The van der Waals surface area contributed by atoms with Gasteiger partial charge < -0.3 is 25.4 Å². The van der Waals surface area contributed by atoms with Gasteiger partial charge in [0.15, 0.2) is 5.11 Å². The van der Waals surface area contributed by atoms with Crippen molar-refractivity contribution in [2.24, 2.45) is 5.92 Å². The average Bonchev–Trinajstić information content (AvgIpc) is 2.56. The Kier molecular flexibility index (Phi) is 9.01. The van der Waals surface area contributed by atoms with Crippen LogP contribution in [0.4, 0.5) is 5.69 Å². The number of methoxy groups -OCH3 is 1. The van der Waals surface area contributed by atoms with E-state index in [1.165, 1.54) is 11.9 Å². The summed E-state index contributed by atoms with van der Waals surface area (Å²) in [5.74, 6) is -1.42. The van der Waals surface area contributed by atoms with Crippen LogP contribution < -0.4 is 10.6 Å². The van der Waals surface area contributed by atoms with Crippen molar-refractivity contribution in [3.63, 3.8) is 0 Å². The SMILES string of the molecule is COCc1ccccc1NC(=S)NCCC(=O)N(C)C(C(=O)O)C(C)C. The maximum Gasteiger partial charge on any atom is 0.326 e. The van der Waals surface area contributed by atoms with Gasteiger partial charge in [-0.3, -0.25) is 4.79 Å². The lowest BCUT2D eigenvalue weighted by atomic mass is 10.0. The molecule has 8 heteroatoms. The number of carbonyl (C=O) groups excluding carboxylic acids is 1. The molecule has 0 spiro atoms. The van der Waals surface area contributed by atoms with Gasteiger partial charge in [0, 0.05) is 38.4 Å². The highest BCUT2D eigenvalue weighted by Crippen LogP contribution is 2.15. The number of aliphatic carboxylic acids is 1. The van der Waals surface area contributed by atoms with Crippen molar-refractivity contribution < 1.29 is 19.4 Å². The second-order valence-electron chi connectivity index (χ2n) is 6.25. The van der Waals surface area contributed by atoms with Crippen LogP contribution in [-0.4, -0.2) is 53.7 Å². The quantitative estimate of drug-likeness (QED) is 0.564. The number of amides is 1. The standard InChI is InChI=1S/C18H27N3O4S/c1-12(2)16(17(23)24)21(3)15(22)9-10-19-18(26)20-14-8-6-5-7-13(14)11-25-4/h5-8,12,16H,9-11H2,1-4H3,(H,23,24)(H2,19,20,26). The second kappa shape index (κ2) is 10.7. The first kappa shape index (κ1) is 21.9. The largest absolute Gasteiger partial charge is 0.480 e. The van der Waals surface area contributed by atoms with Gasteiger partial charge in [0.25, 0.3) is 0 Å². The van der Waals surface area contributed by atoms with Crippen LogP contribution in [0.2, 0.25) is 0 Å². The molecule has 1 amide bonds. The van der Waals surface area contributed by atoms with Gasteiger partial charge in [0.05, 0.1) is 6.61 Å². The number of carboxylic acid groups (broad SMARTS) is 1. The van der Waals surface area contributed by atoms with Gasteiger partial charge in [-0.05, 0) is 24.2 Å². The maximum atomic E-state index is 12.2. The molecule has 0 saturated heterocycles. The molecule has 0 radical (unpaired) electrons. The van der Waals surface area contributed by atoms with Gasteiger partial charge in [-0.1, -0.05) is 32.0 Å². The number of para-hydroxylation sites is 1. The molecule has 0 saturated carbocycles. The van der Waals surface area contributed by atoms with Crippen molar-refractivity contribution >= 4 is 34.9 Å². The van der Waals surface area contributed by atoms with Crippen molar-refractivity contribution in [2.75, 3.05) is 26.0 Å².